The third-order valence-corrected chi connectivity index (χ3v) is 3.23. The highest BCUT2D eigenvalue weighted by Crippen LogP contribution is 2.38. The Kier molecular flexibility index (Phi) is 6.03. The van der Waals surface area contributed by atoms with Crippen LogP contribution in [0, 0.1) is 5.92 Å². The topological polar surface area (TPSA) is 85.3 Å². The maximum absolute atomic E-state index is 12.4. The SMILES string of the molecule is COc1cc(C(=O)N(C)CC(C)C(=O)O)cc(OC)c1OC. The number of hydrogen-bond acceptors (Lipinski definition) is 5. The van der Waals surface area contributed by atoms with Gasteiger partial charge in [-0.3, -0.25) is 9.59 Å². The first kappa shape index (κ1) is 17.6. The van der Waals surface area contributed by atoms with Crippen molar-refractivity contribution in [1.82, 2.24) is 4.90 Å². The van der Waals surface area contributed by atoms with Crippen LogP contribution in [0.3, 0.4) is 0 Å². The molecule has 0 aromatic heterocycles. The molecule has 1 amide bonds. The molecule has 1 aromatic rings. The monoisotopic (exact) mass is 311 g/mol. The number of hydrogen-bond donors (Lipinski definition) is 1. The molecule has 0 aliphatic rings. The molecule has 0 saturated carbocycles. The van der Waals surface area contributed by atoms with Gasteiger partial charge in [0.15, 0.2) is 11.5 Å². The van der Waals surface area contributed by atoms with Gasteiger partial charge < -0.3 is 24.2 Å². The van der Waals surface area contributed by atoms with Gasteiger partial charge in [-0.25, -0.2) is 0 Å². The van der Waals surface area contributed by atoms with Crippen LogP contribution in [0.15, 0.2) is 12.1 Å². The van der Waals surface area contributed by atoms with Crippen molar-refractivity contribution < 1.29 is 28.9 Å². The summed E-state index contributed by atoms with van der Waals surface area (Å²) in [5.74, 6) is -0.814. The average Bonchev–Trinajstić information content (AvgIpc) is 2.52. The number of nitrogens with zero attached hydrogens (tertiary/aromatic N) is 1. The number of carboxylic acid groups (broad SMARTS) is 1. The molecule has 7 heteroatoms. The Morgan fingerprint density at radius 2 is 1.64 bits per heavy atom. The summed E-state index contributed by atoms with van der Waals surface area (Å²) < 4.78 is 15.6. The molecule has 1 atom stereocenters. The van der Waals surface area contributed by atoms with E-state index in [1.54, 1.807) is 14.0 Å². The molecule has 1 rings (SSSR count). The van der Waals surface area contributed by atoms with E-state index in [9.17, 15) is 9.59 Å². The Labute approximate surface area is 129 Å². The predicted octanol–water partition coefficient (Wildman–Crippen LogP) is 1.51. The molecule has 122 valence electrons. The largest absolute Gasteiger partial charge is 0.493 e. The fourth-order valence-corrected chi connectivity index (χ4v) is 2.00. The second-order valence-electron chi connectivity index (χ2n) is 4.84. The molecule has 7 nitrogen and oxygen atoms in total. The minimum Gasteiger partial charge on any atom is -0.493 e. The summed E-state index contributed by atoms with van der Waals surface area (Å²) in [7, 11) is 5.94. The first-order chi connectivity index (χ1) is 10.3. The standard InChI is InChI=1S/C15H21NO6/c1-9(15(18)19)8-16(2)14(17)10-6-11(20-3)13(22-5)12(7-10)21-4/h6-7,9H,8H2,1-5H3,(H,18,19). The third kappa shape index (κ3) is 3.81. The summed E-state index contributed by atoms with van der Waals surface area (Å²) in [6, 6.07) is 3.07. The normalized spacial score (nSPS) is 11.5. The number of aliphatic carboxylic acids is 1. The summed E-state index contributed by atoms with van der Waals surface area (Å²) >= 11 is 0. The molecule has 0 heterocycles. The van der Waals surface area contributed by atoms with Gasteiger partial charge in [0.1, 0.15) is 0 Å². The Bertz CT molecular complexity index is 532. The molecule has 1 unspecified atom stereocenters. The first-order valence-corrected chi connectivity index (χ1v) is 6.63. The number of rotatable bonds is 7. The first-order valence-electron chi connectivity index (χ1n) is 6.63. The van der Waals surface area contributed by atoms with Crippen LogP contribution in [-0.2, 0) is 4.79 Å². The molecule has 0 spiro atoms. The molecular weight excluding hydrogens is 290 g/mol. The fraction of sp³-hybridized carbons (Fsp3) is 0.467. The number of methoxy groups -OCH3 is 3. The van der Waals surface area contributed by atoms with E-state index in [0.29, 0.717) is 22.8 Å². The van der Waals surface area contributed by atoms with Gasteiger partial charge >= 0.3 is 5.97 Å². The average molecular weight is 311 g/mol. The highest BCUT2D eigenvalue weighted by molar-refractivity contribution is 5.95. The number of carboxylic acids is 1. The maximum atomic E-state index is 12.4. The van der Waals surface area contributed by atoms with Crippen LogP contribution in [0.5, 0.6) is 17.2 Å². The number of amides is 1. The molecule has 0 fully saturated rings. The van der Waals surface area contributed by atoms with Gasteiger partial charge in [-0.1, -0.05) is 6.92 Å². The molecule has 22 heavy (non-hydrogen) atoms. The van der Waals surface area contributed by atoms with Crippen LogP contribution in [0.2, 0.25) is 0 Å². The van der Waals surface area contributed by atoms with Crippen molar-refractivity contribution in [2.24, 2.45) is 5.92 Å². The predicted molar refractivity (Wildman–Crippen MR) is 79.9 cm³/mol. The highest BCUT2D eigenvalue weighted by atomic mass is 16.5. The summed E-state index contributed by atoms with van der Waals surface area (Å²) in [4.78, 5) is 24.7. The minimum absolute atomic E-state index is 0.102. The zero-order valence-electron chi connectivity index (χ0n) is 13.4. The van der Waals surface area contributed by atoms with E-state index >= 15 is 0 Å². The Morgan fingerprint density at radius 3 is 2.00 bits per heavy atom. The van der Waals surface area contributed by atoms with Crippen molar-refractivity contribution in [1.29, 1.82) is 0 Å². The van der Waals surface area contributed by atoms with Crippen molar-refractivity contribution in [3.63, 3.8) is 0 Å². The molecule has 0 aliphatic heterocycles. The molecule has 0 bridgehead atoms. The van der Waals surface area contributed by atoms with Crippen molar-refractivity contribution in [3.05, 3.63) is 17.7 Å². The maximum Gasteiger partial charge on any atom is 0.308 e. The summed E-state index contributed by atoms with van der Waals surface area (Å²) in [5.41, 5.74) is 0.328. The smallest absolute Gasteiger partial charge is 0.308 e. The zero-order chi connectivity index (χ0) is 16.9. The lowest BCUT2D eigenvalue weighted by atomic mass is 10.1. The van der Waals surface area contributed by atoms with Gasteiger partial charge in [-0.2, -0.15) is 0 Å². The van der Waals surface area contributed by atoms with E-state index in [2.05, 4.69) is 0 Å². The van der Waals surface area contributed by atoms with Gasteiger partial charge in [-0.15, -0.1) is 0 Å². The Morgan fingerprint density at radius 1 is 1.14 bits per heavy atom. The van der Waals surface area contributed by atoms with E-state index in [-0.39, 0.29) is 12.5 Å². The van der Waals surface area contributed by atoms with Crippen LogP contribution >= 0.6 is 0 Å². The highest BCUT2D eigenvalue weighted by Gasteiger charge is 2.22. The minimum atomic E-state index is -0.954. The van der Waals surface area contributed by atoms with Crippen LogP contribution in [0.4, 0.5) is 0 Å². The molecule has 0 saturated heterocycles. The van der Waals surface area contributed by atoms with Gasteiger partial charge in [0, 0.05) is 19.2 Å². The van der Waals surface area contributed by atoms with Crippen LogP contribution in [0.1, 0.15) is 17.3 Å². The molecule has 1 aromatic carbocycles. The lowest BCUT2D eigenvalue weighted by Crippen LogP contribution is -2.33. The lowest BCUT2D eigenvalue weighted by molar-refractivity contribution is -0.141. The van der Waals surface area contributed by atoms with Gasteiger partial charge in [0.05, 0.1) is 27.2 Å². The third-order valence-electron chi connectivity index (χ3n) is 3.23. The molecule has 0 radical (unpaired) electrons. The number of carbonyl (C=O) groups is 2. The molecular formula is C15H21NO6. The molecule has 1 N–H and O–H groups in total. The lowest BCUT2D eigenvalue weighted by Gasteiger charge is -2.21. The summed E-state index contributed by atoms with van der Waals surface area (Å²) in [5, 5.41) is 8.92. The van der Waals surface area contributed by atoms with Crippen molar-refractivity contribution in [3.8, 4) is 17.2 Å². The van der Waals surface area contributed by atoms with Gasteiger partial charge in [-0.05, 0) is 12.1 Å². The van der Waals surface area contributed by atoms with Crippen LogP contribution < -0.4 is 14.2 Å². The number of benzene rings is 1. The number of ether oxygens (including phenoxy) is 3. The van der Waals surface area contributed by atoms with E-state index < -0.39 is 11.9 Å². The van der Waals surface area contributed by atoms with Crippen LogP contribution in [0.25, 0.3) is 0 Å². The quantitative estimate of drug-likeness (QED) is 0.821. The van der Waals surface area contributed by atoms with Gasteiger partial charge in [0.25, 0.3) is 5.91 Å². The van der Waals surface area contributed by atoms with E-state index in [1.807, 2.05) is 0 Å². The molecule has 0 aliphatic carbocycles. The second-order valence-corrected chi connectivity index (χ2v) is 4.84. The van der Waals surface area contributed by atoms with Gasteiger partial charge in [0.2, 0.25) is 5.75 Å². The van der Waals surface area contributed by atoms with Crippen molar-refractivity contribution in [2.45, 2.75) is 6.92 Å². The van der Waals surface area contributed by atoms with Crippen molar-refractivity contribution in [2.75, 3.05) is 34.9 Å². The van der Waals surface area contributed by atoms with Crippen LogP contribution in [-0.4, -0.2) is 56.8 Å². The second kappa shape index (κ2) is 7.53. The van der Waals surface area contributed by atoms with E-state index in [0.717, 1.165) is 0 Å². The number of carbonyl (C=O) groups excluding carboxylic acids is 1. The Hall–Kier alpha value is -2.44. The van der Waals surface area contributed by atoms with Crippen molar-refractivity contribution >= 4 is 11.9 Å². The Balaban J connectivity index is 3.10. The fourth-order valence-electron chi connectivity index (χ4n) is 2.00. The van der Waals surface area contributed by atoms with E-state index in [1.165, 1.54) is 38.4 Å². The van der Waals surface area contributed by atoms with E-state index in [4.69, 9.17) is 19.3 Å². The zero-order valence-corrected chi connectivity index (χ0v) is 13.4. The summed E-state index contributed by atoms with van der Waals surface area (Å²) in [6.45, 7) is 1.64. The summed E-state index contributed by atoms with van der Waals surface area (Å²) in [6.07, 6.45) is 0.